The van der Waals surface area contributed by atoms with E-state index in [0.29, 0.717) is 17.6 Å². The molecule has 140 valence electrons. The monoisotopic (exact) mass is 390 g/mol. The third kappa shape index (κ3) is 3.57. The molecule has 0 aliphatic carbocycles. The van der Waals surface area contributed by atoms with Gasteiger partial charge in [0.2, 0.25) is 5.91 Å². The predicted molar refractivity (Wildman–Crippen MR) is 110 cm³/mol. The van der Waals surface area contributed by atoms with Gasteiger partial charge < -0.3 is 4.90 Å². The fourth-order valence-corrected chi connectivity index (χ4v) is 3.69. The summed E-state index contributed by atoms with van der Waals surface area (Å²) in [7, 11) is 1.70. The topological polar surface area (TPSA) is 68.1 Å². The first-order valence-corrected chi connectivity index (χ1v) is 9.69. The molecule has 0 bridgehead atoms. The Morgan fingerprint density at radius 1 is 1.07 bits per heavy atom. The molecule has 0 aliphatic heterocycles. The summed E-state index contributed by atoms with van der Waals surface area (Å²) >= 11 is 1.49. The van der Waals surface area contributed by atoms with Crippen molar-refractivity contribution in [3.8, 4) is 11.3 Å². The summed E-state index contributed by atoms with van der Waals surface area (Å²) in [6.45, 7) is 0.287. The highest BCUT2D eigenvalue weighted by Crippen LogP contribution is 2.24. The number of rotatable bonds is 5. The van der Waals surface area contributed by atoms with Gasteiger partial charge in [0.25, 0.3) is 5.56 Å². The molecule has 6 nitrogen and oxygen atoms in total. The quantitative estimate of drug-likeness (QED) is 0.525. The van der Waals surface area contributed by atoms with E-state index in [1.807, 2.05) is 53.9 Å². The number of fused-ring (bicyclic) bond motifs is 1. The number of likely N-dealkylation sites (N-methyl/N-ethyl adjacent to an activating group) is 1. The van der Waals surface area contributed by atoms with E-state index >= 15 is 0 Å². The van der Waals surface area contributed by atoms with Crippen molar-refractivity contribution in [2.75, 3.05) is 7.05 Å². The second-order valence-electron chi connectivity index (χ2n) is 6.40. The standard InChI is InChI=1S/C21H18N4O2S/c1-24(13-18-22-11-12-28-18)19(26)14-25-21(27)17-10-6-5-9-16(17)20(23-25)15-7-3-2-4-8-15/h2-12H,13-14H2,1H3. The summed E-state index contributed by atoms with van der Waals surface area (Å²) in [5, 5.41) is 8.58. The Kier molecular flexibility index (Phi) is 4.99. The van der Waals surface area contributed by atoms with E-state index in [4.69, 9.17) is 0 Å². The smallest absolute Gasteiger partial charge is 0.275 e. The van der Waals surface area contributed by atoms with Gasteiger partial charge in [0.15, 0.2) is 0 Å². The van der Waals surface area contributed by atoms with Crippen LogP contribution in [0, 0.1) is 0 Å². The molecule has 28 heavy (non-hydrogen) atoms. The maximum absolute atomic E-state index is 12.9. The van der Waals surface area contributed by atoms with Crippen LogP contribution in [0.4, 0.5) is 0 Å². The van der Waals surface area contributed by atoms with Crippen LogP contribution in [-0.4, -0.2) is 32.6 Å². The molecule has 0 atom stereocenters. The van der Waals surface area contributed by atoms with Crippen molar-refractivity contribution < 1.29 is 4.79 Å². The van der Waals surface area contributed by atoms with E-state index in [-0.39, 0.29) is 18.0 Å². The fraction of sp³-hybridized carbons (Fsp3) is 0.143. The van der Waals surface area contributed by atoms with Crippen LogP contribution >= 0.6 is 11.3 Å². The van der Waals surface area contributed by atoms with Crippen molar-refractivity contribution in [1.29, 1.82) is 0 Å². The Morgan fingerprint density at radius 3 is 2.50 bits per heavy atom. The third-order valence-corrected chi connectivity index (χ3v) is 5.25. The summed E-state index contributed by atoms with van der Waals surface area (Å²) in [5.41, 5.74) is 1.31. The number of carbonyl (C=O) groups is 1. The molecule has 0 unspecified atom stereocenters. The maximum atomic E-state index is 12.9. The predicted octanol–water partition coefficient (Wildman–Crippen LogP) is 3.18. The van der Waals surface area contributed by atoms with E-state index in [1.54, 1.807) is 24.2 Å². The average molecular weight is 390 g/mol. The molecule has 4 aromatic rings. The van der Waals surface area contributed by atoms with Crippen molar-refractivity contribution in [1.82, 2.24) is 19.7 Å². The average Bonchev–Trinajstić information content (AvgIpc) is 3.23. The van der Waals surface area contributed by atoms with Crippen LogP contribution < -0.4 is 5.56 Å². The van der Waals surface area contributed by atoms with Crippen molar-refractivity contribution in [3.05, 3.63) is 81.5 Å². The van der Waals surface area contributed by atoms with Gasteiger partial charge in [-0.3, -0.25) is 9.59 Å². The number of aromatic nitrogens is 3. The van der Waals surface area contributed by atoms with Crippen molar-refractivity contribution in [2.24, 2.45) is 0 Å². The van der Waals surface area contributed by atoms with Crippen molar-refractivity contribution in [2.45, 2.75) is 13.1 Å². The minimum atomic E-state index is -0.272. The zero-order chi connectivity index (χ0) is 19.5. The lowest BCUT2D eigenvalue weighted by Gasteiger charge is -2.17. The molecular weight excluding hydrogens is 372 g/mol. The summed E-state index contributed by atoms with van der Waals surface area (Å²) in [5.74, 6) is -0.195. The molecule has 1 amide bonds. The Bertz CT molecular complexity index is 1170. The Balaban J connectivity index is 1.72. The first kappa shape index (κ1) is 18.1. The second kappa shape index (κ2) is 7.74. The first-order valence-electron chi connectivity index (χ1n) is 8.81. The zero-order valence-corrected chi connectivity index (χ0v) is 16.1. The molecular formula is C21H18N4O2S. The molecule has 0 saturated carbocycles. The molecule has 0 spiro atoms. The summed E-state index contributed by atoms with van der Waals surface area (Å²) in [6.07, 6.45) is 1.71. The van der Waals surface area contributed by atoms with E-state index in [9.17, 15) is 9.59 Å². The van der Waals surface area contributed by atoms with E-state index in [2.05, 4.69) is 10.1 Å². The summed E-state index contributed by atoms with van der Waals surface area (Å²) in [4.78, 5) is 31.3. The van der Waals surface area contributed by atoms with Gasteiger partial charge in [0, 0.05) is 29.6 Å². The molecule has 2 aromatic heterocycles. The molecule has 2 aromatic carbocycles. The maximum Gasteiger partial charge on any atom is 0.275 e. The Labute approximate surface area is 165 Å². The molecule has 0 aliphatic rings. The number of benzene rings is 2. The number of hydrogen-bond acceptors (Lipinski definition) is 5. The first-order chi connectivity index (χ1) is 13.6. The molecule has 0 fully saturated rings. The molecule has 0 radical (unpaired) electrons. The van der Waals surface area contributed by atoms with Crippen LogP contribution in [0.1, 0.15) is 5.01 Å². The number of hydrogen-bond donors (Lipinski definition) is 0. The highest BCUT2D eigenvalue weighted by molar-refractivity contribution is 7.09. The van der Waals surface area contributed by atoms with E-state index in [0.717, 1.165) is 16.0 Å². The van der Waals surface area contributed by atoms with Gasteiger partial charge in [-0.2, -0.15) is 5.10 Å². The molecule has 4 rings (SSSR count). The van der Waals surface area contributed by atoms with Gasteiger partial charge in [0.1, 0.15) is 11.6 Å². The number of amides is 1. The molecule has 2 heterocycles. The molecule has 7 heteroatoms. The van der Waals surface area contributed by atoms with E-state index < -0.39 is 0 Å². The Hall–Kier alpha value is -3.32. The minimum Gasteiger partial charge on any atom is -0.337 e. The highest BCUT2D eigenvalue weighted by atomic mass is 32.1. The summed E-state index contributed by atoms with van der Waals surface area (Å²) in [6, 6.07) is 17.0. The lowest BCUT2D eigenvalue weighted by atomic mass is 10.1. The number of carbonyl (C=O) groups excluding carboxylic acids is 1. The minimum absolute atomic E-state index is 0.120. The second-order valence-corrected chi connectivity index (χ2v) is 7.38. The van der Waals surface area contributed by atoms with Crippen LogP contribution in [0.5, 0.6) is 0 Å². The van der Waals surface area contributed by atoms with Crippen LogP contribution in [0.15, 0.2) is 71.0 Å². The molecule has 0 N–H and O–H groups in total. The van der Waals surface area contributed by atoms with Gasteiger partial charge in [0.05, 0.1) is 17.6 Å². The number of nitrogens with zero attached hydrogens (tertiary/aromatic N) is 4. The highest BCUT2D eigenvalue weighted by Gasteiger charge is 2.16. The Morgan fingerprint density at radius 2 is 1.79 bits per heavy atom. The van der Waals surface area contributed by atoms with Gasteiger partial charge in [-0.05, 0) is 6.07 Å². The third-order valence-electron chi connectivity index (χ3n) is 4.48. The fourth-order valence-electron chi connectivity index (χ4n) is 3.02. The van der Waals surface area contributed by atoms with Crippen LogP contribution in [0.2, 0.25) is 0 Å². The van der Waals surface area contributed by atoms with Crippen LogP contribution in [0.25, 0.3) is 22.0 Å². The zero-order valence-electron chi connectivity index (χ0n) is 15.3. The largest absolute Gasteiger partial charge is 0.337 e. The lowest BCUT2D eigenvalue weighted by Crippen LogP contribution is -2.35. The van der Waals surface area contributed by atoms with Gasteiger partial charge >= 0.3 is 0 Å². The number of thiazole rings is 1. The van der Waals surface area contributed by atoms with Crippen LogP contribution in [0.3, 0.4) is 0 Å². The van der Waals surface area contributed by atoms with Crippen molar-refractivity contribution >= 4 is 28.0 Å². The van der Waals surface area contributed by atoms with Crippen molar-refractivity contribution in [3.63, 3.8) is 0 Å². The van der Waals surface area contributed by atoms with Gasteiger partial charge in [-0.15, -0.1) is 11.3 Å². The van der Waals surface area contributed by atoms with E-state index in [1.165, 1.54) is 16.0 Å². The molecule has 0 saturated heterocycles. The van der Waals surface area contributed by atoms with Crippen LogP contribution in [-0.2, 0) is 17.9 Å². The SMILES string of the molecule is CN(Cc1nccs1)C(=O)Cn1nc(-c2ccccc2)c2ccccc2c1=O. The van der Waals surface area contributed by atoms with Gasteiger partial charge in [-0.1, -0.05) is 48.5 Å². The normalized spacial score (nSPS) is 10.9. The van der Waals surface area contributed by atoms with Gasteiger partial charge in [-0.25, -0.2) is 9.67 Å². The summed E-state index contributed by atoms with van der Waals surface area (Å²) < 4.78 is 1.26. The lowest BCUT2D eigenvalue weighted by molar-refractivity contribution is -0.131.